The lowest BCUT2D eigenvalue weighted by atomic mass is 10.1. The van der Waals surface area contributed by atoms with E-state index in [2.05, 4.69) is 0 Å². The molecule has 0 heterocycles. The van der Waals surface area contributed by atoms with Crippen LogP contribution < -0.4 is 4.74 Å². The molecule has 0 spiro atoms. The quantitative estimate of drug-likeness (QED) is 0.608. The van der Waals surface area contributed by atoms with Crippen LogP contribution in [0.5, 0.6) is 5.75 Å². The van der Waals surface area contributed by atoms with Crippen LogP contribution in [0, 0.1) is 0 Å². The average molecular weight is 208 g/mol. The maximum absolute atomic E-state index is 9.62. The highest BCUT2D eigenvalue weighted by molar-refractivity contribution is 5.39. The van der Waals surface area contributed by atoms with E-state index in [1.165, 1.54) is 5.56 Å². The molecule has 0 saturated carbocycles. The minimum atomic E-state index is -0.291. The van der Waals surface area contributed by atoms with E-state index in [0.717, 1.165) is 24.2 Å². The first-order chi connectivity index (χ1) is 7.31. The Kier molecular flexibility index (Phi) is 3.23. The van der Waals surface area contributed by atoms with Crippen molar-refractivity contribution >= 4 is 0 Å². The molecule has 2 rings (SSSR count). The SMILES string of the molecule is CCOCOc1ccc2c(c1)CCC2O. The predicted molar refractivity (Wildman–Crippen MR) is 56.8 cm³/mol. The van der Waals surface area contributed by atoms with Crippen LogP contribution in [0.15, 0.2) is 18.2 Å². The predicted octanol–water partition coefficient (Wildman–Crippen LogP) is 2.04. The summed E-state index contributed by atoms with van der Waals surface area (Å²) >= 11 is 0. The van der Waals surface area contributed by atoms with Crippen LogP contribution in [-0.4, -0.2) is 18.5 Å². The van der Waals surface area contributed by atoms with Crippen molar-refractivity contribution in [1.29, 1.82) is 0 Å². The van der Waals surface area contributed by atoms with Crippen molar-refractivity contribution in [3.8, 4) is 5.75 Å². The molecule has 3 heteroatoms. The Labute approximate surface area is 89.6 Å². The number of benzene rings is 1. The molecule has 0 fully saturated rings. The Morgan fingerprint density at radius 1 is 1.47 bits per heavy atom. The molecular formula is C12H16O3. The molecule has 0 radical (unpaired) electrons. The zero-order valence-corrected chi connectivity index (χ0v) is 8.90. The number of hydrogen-bond acceptors (Lipinski definition) is 3. The Morgan fingerprint density at radius 3 is 3.13 bits per heavy atom. The third-order valence-electron chi connectivity index (χ3n) is 2.67. The summed E-state index contributed by atoms with van der Waals surface area (Å²) in [6.07, 6.45) is 1.47. The third-order valence-corrected chi connectivity index (χ3v) is 2.67. The van der Waals surface area contributed by atoms with Gasteiger partial charge in [-0.05, 0) is 43.0 Å². The highest BCUT2D eigenvalue weighted by atomic mass is 16.7. The van der Waals surface area contributed by atoms with E-state index in [1.54, 1.807) is 0 Å². The monoisotopic (exact) mass is 208 g/mol. The molecule has 3 nitrogen and oxygen atoms in total. The molecule has 1 N–H and O–H groups in total. The molecule has 0 aliphatic heterocycles. The fraction of sp³-hybridized carbons (Fsp3) is 0.500. The van der Waals surface area contributed by atoms with Crippen LogP contribution >= 0.6 is 0 Å². The van der Waals surface area contributed by atoms with Gasteiger partial charge in [0.15, 0.2) is 6.79 Å². The van der Waals surface area contributed by atoms with E-state index in [4.69, 9.17) is 9.47 Å². The fourth-order valence-corrected chi connectivity index (χ4v) is 1.85. The van der Waals surface area contributed by atoms with Crippen LogP contribution in [0.1, 0.15) is 30.6 Å². The van der Waals surface area contributed by atoms with Gasteiger partial charge in [-0.25, -0.2) is 0 Å². The number of aliphatic hydroxyl groups is 1. The molecule has 0 amide bonds. The Morgan fingerprint density at radius 2 is 2.33 bits per heavy atom. The van der Waals surface area contributed by atoms with Crippen LogP contribution in [0.2, 0.25) is 0 Å². The van der Waals surface area contributed by atoms with E-state index in [9.17, 15) is 5.11 Å². The highest BCUT2D eigenvalue weighted by Gasteiger charge is 2.20. The molecule has 1 atom stereocenters. The summed E-state index contributed by atoms with van der Waals surface area (Å²) in [5.74, 6) is 0.816. The minimum Gasteiger partial charge on any atom is -0.468 e. The Bertz CT molecular complexity index is 336. The maximum Gasteiger partial charge on any atom is 0.189 e. The van der Waals surface area contributed by atoms with Gasteiger partial charge in [0.2, 0.25) is 0 Å². The van der Waals surface area contributed by atoms with Gasteiger partial charge in [0.25, 0.3) is 0 Å². The van der Waals surface area contributed by atoms with Crippen molar-refractivity contribution in [2.75, 3.05) is 13.4 Å². The summed E-state index contributed by atoms with van der Waals surface area (Å²) < 4.78 is 10.5. The topological polar surface area (TPSA) is 38.7 Å². The first-order valence-electron chi connectivity index (χ1n) is 5.32. The smallest absolute Gasteiger partial charge is 0.189 e. The molecule has 1 unspecified atom stereocenters. The van der Waals surface area contributed by atoms with Crippen LogP contribution in [-0.2, 0) is 11.2 Å². The second kappa shape index (κ2) is 4.64. The molecule has 1 aliphatic carbocycles. The van der Waals surface area contributed by atoms with E-state index in [0.29, 0.717) is 6.61 Å². The summed E-state index contributed by atoms with van der Waals surface area (Å²) in [6, 6.07) is 5.81. The third kappa shape index (κ3) is 2.30. The normalized spacial score (nSPS) is 18.9. The van der Waals surface area contributed by atoms with Gasteiger partial charge in [-0.15, -0.1) is 0 Å². The van der Waals surface area contributed by atoms with Crippen molar-refractivity contribution in [2.45, 2.75) is 25.9 Å². The second-order valence-electron chi connectivity index (χ2n) is 3.67. The summed E-state index contributed by atoms with van der Waals surface area (Å²) in [5.41, 5.74) is 2.23. The van der Waals surface area contributed by atoms with Crippen molar-refractivity contribution < 1.29 is 14.6 Å². The summed E-state index contributed by atoms with van der Waals surface area (Å²) in [4.78, 5) is 0. The van der Waals surface area contributed by atoms with Gasteiger partial charge in [0.05, 0.1) is 6.10 Å². The van der Waals surface area contributed by atoms with Crippen molar-refractivity contribution in [1.82, 2.24) is 0 Å². The van der Waals surface area contributed by atoms with Gasteiger partial charge >= 0.3 is 0 Å². The van der Waals surface area contributed by atoms with Crippen molar-refractivity contribution in [3.63, 3.8) is 0 Å². The summed E-state index contributed by atoms with van der Waals surface area (Å²) in [6.45, 7) is 2.88. The lowest BCUT2D eigenvalue weighted by molar-refractivity contribution is 0.0224. The Hall–Kier alpha value is -1.06. The highest BCUT2D eigenvalue weighted by Crippen LogP contribution is 2.33. The number of aryl methyl sites for hydroxylation is 1. The molecule has 1 aromatic carbocycles. The first kappa shape index (κ1) is 10.5. The molecule has 1 aromatic rings. The number of rotatable bonds is 4. The van der Waals surface area contributed by atoms with E-state index in [-0.39, 0.29) is 12.9 Å². The molecule has 0 saturated heterocycles. The molecule has 15 heavy (non-hydrogen) atoms. The number of aliphatic hydroxyl groups excluding tert-OH is 1. The molecule has 1 aliphatic rings. The number of ether oxygens (including phenoxy) is 2. The number of fused-ring (bicyclic) bond motifs is 1. The molecular weight excluding hydrogens is 192 g/mol. The maximum atomic E-state index is 9.62. The van der Waals surface area contributed by atoms with Crippen molar-refractivity contribution in [3.05, 3.63) is 29.3 Å². The van der Waals surface area contributed by atoms with E-state index >= 15 is 0 Å². The average Bonchev–Trinajstić information content (AvgIpc) is 2.61. The molecule has 0 aromatic heterocycles. The van der Waals surface area contributed by atoms with Crippen LogP contribution in [0.4, 0.5) is 0 Å². The summed E-state index contributed by atoms with van der Waals surface area (Å²) in [7, 11) is 0. The molecule has 82 valence electrons. The first-order valence-corrected chi connectivity index (χ1v) is 5.32. The minimum absolute atomic E-state index is 0.290. The zero-order valence-electron chi connectivity index (χ0n) is 8.90. The zero-order chi connectivity index (χ0) is 10.7. The van der Waals surface area contributed by atoms with Gasteiger partial charge < -0.3 is 14.6 Å². The van der Waals surface area contributed by atoms with Gasteiger partial charge in [-0.1, -0.05) is 6.07 Å². The standard InChI is InChI=1S/C12H16O3/c1-2-14-8-15-10-4-5-11-9(7-10)3-6-12(11)13/h4-5,7,12-13H,2-3,6,8H2,1H3. The lowest BCUT2D eigenvalue weighted by Crippen LogP contribution is -2.02. The van der Waals surface area contributed by atoms with Gasteiger partial charge in [0, 0.05) is 6.61 Å². The second-order valence-corrected chi connectivity index (χ2v) is 3.67. The van der Waals surface area contributed by atoms with Crippen molar-refractivity contribution in [2.24, 2.45) is 0 Å². The lowest BCUT2D eigenvalue weighted by Gasteiger charge is -2.08. The van der Waals surface area contributed by atoms with Crippen LogP contribution in [0.3, 0.4) is 0 Å². The van der Waals surface area contributed by atoms with E-state index in [1.807, 2.05) is 25.1 Å². The number of hydrogen-bond donors (Lipinski definition) is 1. The summed E-state index contributed by atoms with van der Waals surface area (Å²) in [5, 5.41) is 9.62. The fourth-order valence-electron chi connectivity index (χ4n) is 1.85. The Balaban J connectivity index is 2.03. The van der Waals surface area contributed by atoms with Crippen LogP contribution in [0.25, 0.3) is 0 Å². The largest absolute Gasteiger partial charge is 0.468 e. The van der Waals surface area contributed by atoms with Gasteiger partial charge in [-0.3, -0.25) is 0 Å². The van der Waals surface area contributed by atoms with Gasteiger partial charge in [-0.2, -0.15) is 0 Å². The van der Waals surface area contributed by atoms with Gasteiger partial charge in [0.1, 0.15) is 5.75 Å². The molecule has 0 bridgehead atoms. The van der Waals surface area contributed by atoms with E-state index < -0.39 is 0 Å².